The predicted octanol–water partition coefficient (Wildman–Crippen LogP) is 3.12. The van der Waals surface area contributed by atoms with Gasteiger partial charge in [0.2, 0.25) is 5.82 Å². The summed E-state index contributed by atoms with van der Waals surface area (Å²) in [5.74, 6) is 0.737. The summed E-state index contributed by atoms with van der Waals surface area (Å²) < 4.78 is 36.4. The standard InChI is InChI=1S/C8H11F3N3S/c1-7(2,3)4-15-6-12-5(13-14-6)8(9,10)11/h4H,1-3H3,(H,12,13,14). The minimum absolute atomic E-state index is 0.0874. The number of aromatic nitrogens is 3. The van der Waals surface area contributed by atoms with Crippen LogP contribution >= 0.6 is 11.8 Å². The highest BCUT2D eigenvalue weighted by atomic mass is 32.2. The van der Waals surface area contributed by atoms with Gasteiger partial charge >= 0.3 is 6.18 Å². The second-order valence-electron chi connectivity index (χ2n) is 4.08. The topological polar surface area (TPSA) is 41.6 Å². The molecule has 0 unspecified atom stereocenters. The Morgan fingerprint density at radius 2 is 1.80 bits per heavy atom. The van der Waals surface area contributed by atoms with Gasteiger partial charge in [0.15, 0.2) is 5.16 Å². The summed E-state index contributed by atoms with van der Waals surface area (Å²) in [5.41, 5.74) is -0.0874. The van der Waals surface area contributed by atoms with Crippen molar-refractivity contribution >= 4 is 11.8 Å². The van der Waals surface area contributed by atoms with E-state index >= 15 is 0 Å². The second kappa shape index (κ2) is 4.03. The quantitative estimate of drug-likeness (QED) is 0.805. The summed E-state index contributed by atoms with van der Waals surface area (Å²) >= 11 is 1.11. The van der Waals surface area contributed by atoms with Gasteiger partial charge in [0.05, 0.1) is 0 Å². The molecule has 7 heteroatoms. The molecule has 85 valence electrons. The Morgan fingerprint density at radius 3 is 2.20 bits per heavy atom. The SMILES string of the molecule is CC(C)(C)[CH]Sc1nnc(C(F)(F)F)[nH]1. The molecule has 1 radical (unpaired) electrons. The van der Waals surface area contributed by atoms with E-state index in [0.717, 1.165) is 11.8 Å². The van der Waals surface area contributed by atoms with E-state index in [2.05, 4.69) is 15.2 Å². The van der Waals surface area contributed by atoms with Crippen LogP contribution in [-0.4, -0.2) is 15.2 Å². The van der Waals surface area contributed by atoms with Crippen molar-refractivity contribution in [1.29, 1.82) is 0 Å². The molecule has 0 saturated heterocycles. The van der Waals surface area contributed by atoms with Gasteiger partial charge < -0.3 is 4.98 Å². The van der Waals surface area contributed by atoms with Crippen molar-refractivity contribution in [2.45, 2.75) is 32.1 Å². The monoisotopic (exact) mass is 238 g/mol. The molecule has 1 aromatic rings. The van der Waals surface area contributed by atoms with E-state index in [-0.39, 0.29) is 10.6 Å². The summed E-state index contributed by atoms with van der Waals surface area (Å²) in [6.07, 6.45) is -4.46. The first-order chi connectivity index (χ1) is 6.68. The van der Waals surface area contributed by atoms with Crippen LogP contribution in [0, 0.1) is 11.2 Å². The number of aromatic amines is 1. The smallest absolute Gasteiger partial charge is 0.312 e. The molecule has 1 aromatic heterocycles. The molecule has 1 heterocycles. The molecule has 0 amide bonds. The van der Waals surface area contributed by atoms with Gasteiger partial charge in [0.25, 0.3) is 0 Å². The molecular formula is C8H11F3N3S. The minimum Gasteiger partial charge on any atom is -0.312 e. The Balaban J connectivity index is 2.62. The molecule has 15 heavy (non-hydrogen) atoms. The van der Waals surface area contributed by atoms with Gasteiger partial charge in [-0.25, -0.2) is 0 Å². The van der Waals surface area contributed by atoms with Gasteiger partial charge in [-0.05, 0) is 5.41 Å². The van der Waals surface area contributed by atoms with Gasteiger partial charge in [-0.1, -0.05) is 32.5 Å². The highest BCUT2D eigenvalue weighted by Gasteiger charge is 2.35. The van der Waals surface area contributed by atoms with Crippen molar-refractivity contribution in [3.8, 4) is 0 Å². The van der Waals surface area contributed by atoms with Crippen LogP contribution in [0.15, 0.2) is 5.16 Å². The van der Waals surface area contributed by atoms with Crippen LogP contribution in [0.5, 0.6) is 0 Å². The summed E-state index contributed by atoms with van der Waals surface area (Å²) in [7, 11) is 0. The van der Waals surface area contributed by atoms with Crippen LogP contribution in [0.25, 0.3) is 0 Å². The summed E-state index contributed by atoms with van der Waals surface area (Å²) in [5, 5.41) is 6.56. The van der Waals surface area contributed by atoms with E-state index in [1.54, 1.807) is 5.75 Å². The third kappa shape index (κ3) is 4.11. The van der Waals surface area contributed by atoms with Crippen molar-refractivity contribution in [3.63, 3.8) is 0 Å². The summed E-state index contributed by atoms with van der Waals surface area (Å²) in [6.45, 7) is 5.84. The van der Waals surface area contributed by atoms with Gasteiger partial charge in [-0.15, -0.1) is 10.2 Å². The van der Waals surface area contributed by atoms with Gasteiger partial charge in [0, 0.05) is 5.75 Å². The maximum atomic E-state index is 12.1. The van der Waals surface area contributed by atoms with E-state index in [0.29, 0.717) is 0 Å². The first-order valence-electron chi connectivity index (χ1n) is 4.19. The van der Waals surface area contributed by atoms with Crippen LogP contribution in [0.3, 0.4) is 0 Å². The van der Waals surface area contributed by atoms with Crippen molar-refractivity contribution in [2.75, 3.05) is 0 Å². The molecule has 0 aromatic carbocycles. The third-order valence-corrected chi connectivity index (χ3v) is 2.49. The fourth-order valence-electron chi connectivity index (χ4n) is 0.660. The summed E-state index contributed by atoms with van der Waals surface area (Å²) in [4.78, 5) is 2.11. The fourth-order valence-corrected chi connectivity index (χ4v) is 1.37. The highest BCUT2D eigenvalue weighted by molar-refractivity contribution is 8.01. The number of hydrogen-bond donors (Lipinski definition) is 1. The zero-order chi connectivity index (χ0) is 11.7. The lowest BCUT2D eigenvalue weighted by Gasteiger charge is -2.14. The average molecular weight is 238 g/mol. The van der Waals surface area contributed by atoms with E-state index in [4.69, 9.17) is 0 Å². The minimum atomic E-state index is -4.46. The zero-order valence-electron chi connectivity index (χ0n) is 8.51. The normalized spacial score (nSPS) is 13.2. The van der Waals surface area contributed by atoms with E-state index in [1.165, 1.54) is 0 Å². The van der Waals surface area contributed by atoms with Gasteiger partial charge in [0.1, 0.15) is 0 Å². The number of halogens is 3. The summed E-state index contributed by atoms with van der Waals surface area (Å²) in [6, 6.07) is 0. The Morgan fingerprint density at radius 1 is 1.20 bits per heavy atom. The maximum absolute atomic E-state index is 12.1. The number of hydrogen-bond acceptors (Lipinski definition) is 3. The first kappa shape index (κ1) is 12.4. The van der Waals surface area contributed by atoms with Crippen LogP contribution in [0.4, 0.5) is 13.2 Å². The molecule has 0 aliphatic carbocycles. The largest absolute Gasteiger partial charge is 0.451 e. The first-order valence-corrected chi connectivity index (χ1v) is 5.07. The van der Waals surface area contributed by atoms with Crippen molar-refractivity contribution in [2.24, 2.45) is 5.41 Å². The average Bonchev–Trinajstić information content (AvgIpc) is 2.45. The zero-order valence-corrected chi connectivity index (χ0v) is 9.33. The lowest BCUT2D eigenvalue weighted by Crippen LogP contribution is -2.07. The van der Waals surface area contributed by atoms with E-state index in [9.17, 15) is 13.2 Å². The molecule has 1 rings (SSSR count). The Hall–Kier alpha value is -0.720. The number of nitrogens with zero attached hydrogens (tertiary/aromatic N) is 2. The molecule has 0 aliphatic rings. The number of rotatable bonds is 2. The Kier molecular flexibility index (Phi) is 3.32. The van der Waals surface area contributed by atoms with Gasteiger partial charge in [-0.2, -0.15) is 13.2 Å². The number of thioether (sulfide) groups is 1. The number of H-pyrrole nitrogens is 1. The lowest BCUT2D eigenvalue weighted by molar-refractivity contribution is -0.144. The molecule has 0 fully saturated rings. The van der Waals surface area contributed by atoms with Crippen molar-refractivity contribution in [1.82, 2.24) is 15.2 Å². The second-order valence-corrected chi connectivity index (χ2v) is 4.94. The molecule has 3 nitrogen and oxygen atoms in total. The molecule has 0 spiro atoms. The molecule has 0 atom stereocenters. The van der Waals surface area contributed by atoms with Crippen LogP contribution < -0.4 is 0 Å². The Bertz CT molecular complexity index is 327. The van der Waals surface area contributed by atoms with Crippen molar-refractivity contribution < 1.29 is 13.2 Å². The van der Waals surface area contributed by atoms with E-state index < -0.39 is 12.0 Å². The highest BCUT2D eigenvalue weighted by Crippen LogP contribution is 2.31. The van der Waals surface area contributed by atoms with Crippen LogP contribution in [0.1, 0.15) is 26.6 Å². The molecule has 0 aliphatic heterocycles. The fraction of sp³-hybridized carbons (Fsp3) is 0.625. The van der Waals surface area contributed by atoms with E-state index in [1.807, 2.05) is 20.8 Å². The predicted molar refractivity (Wildman–Crippen MR) is 51.0 cm³/mol. The van der Waals surface area contributed by atoms with Crippen LogP contribution in [0.2, 0.25) is 0 Å². The van der Waals surface area contributed by atoms with Gasteiger partial charge in [-0.3, -0.25) is 0 Å². The van der Waals surface area contributed by atoms with Crippen LogP contribution in [-0.2, 0) is 6.18 Å². The maximum Gasteiger partial charge on any atom is 0.451 e. The molecule has 0 saturated carbocycles. The molecule has 0 bridgehead atoms. The Labute approximate surface area is 89.9 Å². The lowest BCUT2D eigenvalue weighted by atomic mass is 10.0. The third-order valence-electron chi connectivity index (χ3n) is 1.26. The number of alkyl halides is 3. The molecular weight excluding hydrogens is 227 g/mol. The molecule has 1 N–H and O–H groups in total. The number of nitrogens with one attached hydrogen (secondary N) is 1. The van der Waals surface area contributed by atoms with Crippen molar-refractivity contribution in [3.05, 3.63) is 11.6 Å².